The van der Waals surface area contributed by atoms with Crippen LogP contribution in [0.3, 0.4) is 0 Å². The third-order valence-corrected chi connectivity index (χ3v) is 3.51. The number of hydrogen-bond donors (Lipinski definition) is 1. The van der Waals surface area contributed by atoms with Gasteiger partial charge in [-0.2, -0.15) is 0 Å². The first kappa shape index (κ1) is 12.9. The van der Waals surface area contributed by atoms with Crippen molar-refractivity contribution in [3.05, 3.63) is 29.8 Å². The van der Waals surface area contributed by atoms with E-state index >= 15 is 0 Å². The van der Waals surface area contributed by atoms with Gasteiger partial charge in [-0.05, 0) is 42.9 Å². The highest BCUT2D eigenvalue weighted by Crippen LogP contribution is 2.24. The van der Waals surface area contributed by atoms with Crippen LogP contribution in [-0.4, -0.2) is 23.9 Å². The molecule has 98 valence electrons. The zero-order valence-corrected chi connectivity index (χ0v) is 11.2. The molecule has 1 fully saturated rings. The fourth-order valence-electron chi connectivity index (χ4n) is 2.73. The summed E-state index contributed by atoms with van der Waals surface area (Å²) in [6.07, 6.45) is 2.34. The quantitative estimate of drug-likeness (QED) is 0.834. The van der Waals surface area contributed by atoms with E-state index in [1.807, 2.05) is 23.1 Å². The van der Waals surface area contributed by atoms with Crippen molar-refractivity contribution in [3.8, 4) is 0 Å². The Morgan fingerprint density at radius 1 is 1.50 bits per heavy atom. The Kier molecular flexibility index (Phi) is 3.90. The van der Waals surface area contributed by atoms with Gasteiger partial charge in [0.05, 0.1) is 0 Å². The van der Waals surface area contributed by atoms with Gasteiger partial charge >= 0.3 is 0 Å². The summed E-state index contributed by atoms with van der Waals surface area (Å²) in [4.78, 5) is 14.3. The third-order valence-electron chi connectivity index (χ3n) is 3.51. The number of benzene rings is 1. The summed E-state index contributed by atoms with van der Waals surface area (Å²) in [5.74, 6) is 1.49. The highest BCUT2D eigenvalue weighted by Gasteiger charge is 2.27. The van der Waals surface area contributed by atoms with Crippen LogP contribution in [0.1, 0.15) is 37.0 Å². The number of nitrogen functional groups attached to an aromatic ring is 1. The Hall–Kier alpha value is -1.51. The molecule has 3 heteroatoms. The van der Waals surface area contributed by atoms with Gasteiger partial charge in [0.2, 0.25) is 0 Å². The van der Waals surface area contributed by atoms with Crippen molar-refractivity contribution in [2.24, 2.45) is 11.8 Å². The van der Waals surface area contributed by atoms with Gasteiger partial charge in [0.25, 0.3) is 5.91 Å². The highest BCUT2D eigenvalue weighted by atomic mass is 16.2. The standard InChI is InChI=1S/C15H22N2O/c1-11(2)8-12-6-7-17(10-12)15(18)13-4-3-5-14(16)9-13/h3-5,9,11-12H,6-8,10,16H2,1-2H3. The summed E-state index contributed by atoms with van der Waals surface area (Å²) in [6, 6.07) is 7.25. The molecular weight excluding hydrogens is 224 g/mol. The van der Waals surface area contributed by atoms with Gasteiger partial charge in [-0.1, -0.05) is 19.9 Å². The number of anilines is 1. The zero-order valence-electron chi connectivity index (χ0n) is 11.2. The Labute approximate surface area is 109 Å². The molecule has 0 bridgehead atoms. The molecule has 1 aliphatic heterocycles. The second-order valence-corrected chi connectivity index (χ2v) is 5.66. The summed E-state index contributed by atoms with van der Waals surface area (Å²) in [6.45, 7) is 6.25. The first-order valence-electron chi connectivity index (χ1n) is 6.71. The summed E-state index contributed by atoms with van der Waals surface area (Å²) < 4.78 is 0. The van der Waals surface area contributed by atoms with Crippen molar-refractivity contribution < 1.29 is 4.79 Å². The number of hydrogen-bond acceptors (Lipinski definition) is 2. The van der Waals surface area contributed by atoms with Crippen LogP contribution < -0.4 is 5.73 Å². The molecule has 1 atom stereocenters. The number of likely N-dealkylation sites (tertiary alicyclic amines) is 1. The van der Waals surface area contributed by atoms with Crippen molar-refractivity contribution in [1.82, 2.24) is 4.90 Å². The maximum absolute atomic E-state index is 12.3. The normalized spacial score (nSPS) is 19.5. The molecule has 1 saturated heterocycles. The van der Waals surface area contributed by atoms with Gasteiger partial charge in [-0.25, -0.2) is 0 Å². The molecule has 0 spiro atoms. The smallest absolute Gasteiger partial charge is 0.253 e. The predicted octanol–water partition coefficient (Wildman–Crippen LogP) is 2.78. The summed E-state index contributed by atoms with van der Waals surface area (Å²) in [5.41, 5.74) is 7.08. The van der Waals surface area contributed by atoms with Gasteiger partial charge < -0.3 is 10.6 Å². The molecule has 2 rings (SSSR count). The van der Waals surface area contributed by atoms with Gasteiger partial charge in [-0.15, -0.1) is 0 Å². The Morgan fingerprint density at radius 3 is 2.94 bits per heavy atom. The minimum absolute atomic E-state index is 0.119. The molecule has 0 radical (unpaired) electrons. The molecule has 1 aromatic carbocycles. The number of carbonyl (C=O) groups is 1. The second kappa shape index (κ2) is 5.42. The van der Waals surface area contributed by atoms with Crippen LogP contribution in [0.25, 0.3) is 0 Å². The molecule has 0 aliphatic carbocycles. The molecule has 1 heterocycles. The largest absolute Gasteiger partial charge is 0.399 e. The van der Waals surface area contributed by atoms with Crippen molar-refractivity contribution in [1.29, 1.82) is 0 Å². The molecular formula is C15H22N2O. The number of carbonyl (C=O) groups excluding carboxylic acids is 1. The van der Waals surface area contributed by atoms with E-state index in [1.165, 1.54) is 6.42 Å². The van der Waals surface area contributed by atoms with E-state index in [0.29, 0.717) is 23.1 Å². The average molecular weight is 246 g/mol. The molecule has 1 unspecified atom stereocenters. The molecule has 1 aromatic rings. The van der Waals surface area contributed by atoms with E-state index in [0.717, 1.165) is 19.5 Å². The maximum atomic E-state index is 12.3. The molecule has 1 aliphatic rings. The summed E-state index contributed by atoms with van der Waals surface area (Å²) in [7, 11) is 0. The number of nitrogens with zero attached hydrogens (tertiary/aromatic N) is 1. The van der Waals surface area contributed by atoms with Crippen molar-refractivity contribution >= 4 is 11.6 Å². The van der Waals surface area contributed by atoms with E-state index in [4.69, 9.17) is 5.73 Å². The van der Waals surface area contributed by atoms with E-state index in [-0.39, 0.29) is 5.91 Å². The fourth-order valence-corrected chi connectivity index (χ4v) is 2.73. The van der Waals surface area contributed by atoms with Crippen LogP contribution >= 0.6 is 0 Å². The molecule has 0 aromatic heterocycles. The van der Waals surface area contributed by atoms with Crippen molar-refractivity contribution in [3.63, 3.8) is 0 Å². The monoisotopic (exact) mass is 246 g/mol. The van der Waals surface area contributed by atoms with Crippen LogP contribution in [0.5, 0.6) is 0 Å². The SMILES string of the molecule is CC(C)CC1CCN(C(=O)c2cccc(N)c2)C1. The lowest BCUT2D eigenvalue weighted by molar-refractivity contribution is 0.0785. The third kappa shape index (κ3) is 3.03. The van der Waals surface area contributed by atoms with Crippen LogP contribution in [0, 0.1) is 11.8 Å². The number of amides is 1. The van der Waals surface area contributed by atoms with E-state index in [9.17, 15) is 4.79 Å². The van der Waals surface area contributed by atoms with Crippen molar-refractivity contribution in [2.45, 2.75) is 26.7 Å². The van der Waals surface area contributed by atoms with Gasteiger partial charge in [-0.3, -0.25) is 4.79 Å². The second-order valence-electron chi connectivity index (χ2n) is 5.66. The van der Waals surface area contributed by atoms with E-state index in [2.05, 4.69) is 13.8 Å². The molecule has 2 N–H and O–H groups in total. The lowest BCUT2D eigenvalue weighted by atomic mass is 9.97. The molecule has 0 saturated carbocycles. The number of nitrogens with two attached hydrogens (primary N) is 1. The van der Waals surface area contributed by atoms with Crippen LogP contribution in [0.15, 0.2) is 24.3 Å². The van der Waals surface area contributed by atoms with Crippen molar-refractivity contribution in [2.75, 3.05) is 18.8 Å². The zero-order chi connectivity index (χ0) is 13.1. The fraction of sp³-hybridized carbons (Fsp3) is 0.533. The molecule has 1 amide bonds. The van der Waals surface area contributed by atoms with Crippen LogP contribution in [-0.2, 0) is 0 Å². The minimum atomic E-state index is 0.119. The lowest BCUT2D eigenvalue weighted by Gasteiger charge is -2.17. The van der Waals surface area contributed by atoms with E-state index < -0.39 is 0 Å². The first-order valence-corrected chi connectivity index (χ1v) is 6.71. The van der Waals surface area contributed by atoms with Gasteiger partial charge in [0.1, 0.15) is 0 Å². The lowest BCUT2D eigenvalue weighted by Crippen LogP contribution is -2.28. The molecule has 3 nitrogen and oxygen atoms in total. The average Bonchev–Trinajstić information content (AvgIpc) is 2.75. The summed E-state index contributed by atoms with van der Waals surface area (Å²) in [5, 5.41) is 0. The van der Waals surface area contributed by atoms with Crippen LogP contribution in [0.2, 0.25) is 0 Å². The Bertz CT molecular complexity index is 428. The predicted molar refractivity (Wildman–Crippen MR) is 74.3 cm³/mol. The number of rotatable bonds is 3. The summed E-state index contributed by atoms with van der Waals surface area (Å²) >= 11 is 0. The topological polar surface area (TPSA) is 46.3 Å². The van der Waals surface area contributed by atoms with E-state index in [1.54, 1.807) is 6.07 Å². The first-order chi connectivity index (χ1) is 8.56. The highest BCUT2D eigenvalue weighted by molar-refractivity contribution is 5.95. The van der Waals surface area contributed by atoms with Gasteiger partial charge in [0, 0.05) is 24.3 Å². The minimum Gasteiger partial charge on any atom is -0.399 e. The van der Waals surface area contributed by atoms with Gasteiger partial charge in [0.15, 0.2) is 0 Å². The Balaban J connectivity index is 1.99. The Morgan fingerprint density at radius 2 is 2.28 bits per heavy atom. The maximum Gasteiger partial charge on any atom is 0.253 e. The van der Waals surface area contributed by atoms with Crippen LogP contribution in [0.4, 0.5) is 5.69 Å². The molecule has 18 heavy (non-hydrogen) atoms.